The molecule has 0 aromatic carbocycles. The summed E-state index contributed by atoms with van der Waals surface area (Å²) >= 11 is 0. The Kier molecular flexibility index (Phi) is 7.82. The number of aromatic nitrogens is 3. The number of hydrazine groups is 2. The number of nitrogens with two attached hydrogens (primary N) is 3. The van der Waals surface area contributed by atoms with Gasteiger partial charge in [-0.3, -0.25) is 21.3 Å². The summed E-state index contributed by atoms with van der Waals surface area (Å²) in [6.45, 7) is 0. The lowest BCUT2D eigenvalue weighted by Gasteiger charge is -2.08. The molecule has 1 aromatic rings. The molecular formula is C4H8N12O8. The number of nitrogens with zero attached hydrogens (tertiary/aromatic N) is 7. The van der Waals surface area contributed by atoms with E-state index in [0.717, 1.165) is 0 Å². The summed E-state index contributed by atoms with van der Waals surface area (Å²) in [6.07, 6.45) is 0. The highest BCUT2D eigenvalue weighted by atomic mass is 17.0. The molecule has 0 saturated heterocycles. The van der Waals surface area contributed by atoms with Crippen LogP contribution in [0.2, 0.25) is 0 Å². The molecule has 0 aliphatic heterocycles. The average molecular weight is 352 g/mol. The van der Waals surface area contributed by atoms with Crippen molar-refractivity contribution < 1.29 is 30.0 Å². The van der Waals surface area contributed by atoms with Gasteiger partial charge in [-0.15, -0.1) is 20.2 Å². The van der Waals surface area contributed by atoms with Crippen molar-refractivity contribution in [2.75, 3.05) is 0 Å². The van der Waals surface area contributed by atoms with Gasteiger partial charge in [-0.2, -0.15) is 15.9 Å². The first-order valence-corrected chi connectivity index (χ1v) is 5.00. The van der Waals surface area contributed by atoms with Gasteiger partial charge in [-0.05, 0) is 0 Å². The molecule has 132 valence electrons. The molecule has 0 amide bonds. The Labute approximate surface area is 128 Å². The van der Waals surface area contributed by atoms with Gasteiger partial charge in [-0.1, -0.05) is 5.43 Å². The maximum atomic E-state index is 10.0. The molecule has 1 aromatic heterocycles. The highest BCUT2D eigenvalue weighted by Gasteiger charge is 2.08. The van der Waals surface area contributed by atoms with Crippen LogP contribution in [0.5, 0.6) is 12.0 Å². The van der Waals surface area contributed by atoms with E-state index in [1.807, 2.05) is 0 Å². The molecule has 1 heterocycles. The summed E-state index contributed by atoms with van der Waals surface area (Å²) in [6, 6.07) is -2.13. The molecule has 20 heteroatoms. The van der Waals surface area contributed by atoms with Gasteiger partial charge in [0.1, 0.15) is 11.0 Å². The van der Waals surface area contributed by atoms with Gasteiger partial charge in [0.15, 0.2) is 0 Å². The van der Waals surface area contributed by atoms with Crippen molar-refractivity contribution in [2.24, 2.45) is 17.4 Å². The lowest BCUT2D eigenvalue weighted by atomic mass is 10.9. The maximum Gasteiger partial charge on any atom is 0.379 e. The number of rotatable bonds is 6. The van der Waals surface area contributed by atoms with Crippen LogP contribution in [-0.4, -0.2) is 36.1 Å². The first kappa shape index (κ1) is 19.6. The molecule has 0 fully saturated rings. The molecule has 0 saturated carbocycles. The Morgan fingerprint density at radius 3 is 1.79 bits per heavy atom. The van der Waals surface area contributed by atoms with Crippen molar-refractivity contribution in [1.82, 2.24) is 20.4 Å². The predicted molar refractivity (Wildman–Crippen MR) is 66.8 cm³/mol. The second kappa shape index (κ2) is 9.55. The van der Waals surface area contributed by atoms with Crippen LogP contribution in [0.15, 0.2) is 0 Å². The fourth-order valence-electron chi connectivity index (χ4n) is 0.702. The molecule has 0 unspecified atom stereocenters. The highest BCUT2D eigenvalue weighted by Crippen LogP contribution is 2.18. The van der Waals surface area contributed by atoms with Crippen LogP contribution in [0.25, 0.3) is 5.43 Å². The number of guanidine groups is 1. The van der Waals surface area contributed by atoms with E-state index >= 15 is 0 Å². The van der Waals surface area contributed by atoms with Gasteiger partial charge in [0.05, 0.1) is 0 Å². The van der Waals surface area contributed by atoms with Gasteiger partial charge in [-0.25, -0.2) is 15.5 Å². The molecule has 0 spiro atoms. The number of nitro groups is 1. The summed E-state index contributed by atoms with van der Waals surface area (Å²) in [4.78, 5) is 46.5. The maximum absolute atomic E-state index is 10.0. The molecule has 0 atom stereocenters. The zero-order chi connectivity index (χ0) is 18.7. The Morgan fingerprint density at radius 1 is 1.08 bits per heavy atom. The average Bonchev–Trinajstić information content (AvgIpc) is 2.44. The van der Waals surface area contributed by atoms with E-state index in [-0.39, 0.29) is 5.96 Å². The van der Waals surface area contributed by atoms with Gasteiger partial charge >= 0.3 is 16.1 Å². The molecule has 0 radical (unpaired) electrons. The Morgan fingerprint density at radius 2 is 1.54 bits per heavy atom. The van der Waals surface area contributed by atoms with Gasteiger partial charge < -0.3 is 9.97 Å². The van der Waals surface area contributed by atoms with Crippen LogP contribution in [0.1, 0.15) is 0 Å². The van der Waals surface area contributed by atoms with Gasteiger partial charge in [0.2, 0.25) is 12.0 Å². The van der Waals surface area contributed by atoms with Crippen LogP contribution >= 0.6 is 0 Å². The normalized spacial score (nSPS) is 9.79. The van der Waals surface area contributed by atoms with Crippen molar-refractivity contribution in [3.8, 4) is 12.0 Å². The number of hydrogen-bond donors (Lipinski definition) is 5. The first-order valence-electron chi connectivity index (χ1n) is 5.00. The molecule has 1 rings (SSSR count). The second-order valence-electron chi connectivity index (χ2n) is 2.87. The molecule has 20 nitrogen and oxygen atoms in total. The molecule has 8 N–H and O–H groups in total. The summed E-state index contributed by atoms with van der Waals surface area (Å²) in [7, 11) is 0. The molecule has 0 aliphatic rings. The van der Waals surface area contributed by atoms with E-state index in [9.17, 15) is 30.3 Å². The summed E-state index contributed by atoms with van der Waals surface area (Å²) in [5.74, 6) is 8.64. The number of hydrogen-bond acceptors (Lipinski definition) is 13. The summed E-state index contributed by atoms with van der Waals surface area (Å²) < 4.78 is 0. The number of hydrazone groups is 1. The van der Waals surface area contributed by atoms with Crippen LogP contribution < -0.4 is 37.6 Å². The van der Waals surface area contributed by atoms with Crippen LogP contribution in [-0.2, 0) is 0 Å². The minimum atomic E-state index is -1.35. The monoisotopic (exact) mass is 352 g/mol. The SMILES string of the molecule is NN/C(N)=[NH+]\N.O=[N+]([O-])[N-]c1nc(O[N+](=O)[O-])nc(O[N+](=O)[O-])n1. The van der Waals surface area contributed by atoms with Crippen LogP contribution in [0.3, 0.4) is 0 Å². The molecule has 0 bridgehead atoms. The summed E-state index contributed by atoms with van der Waals surface area (Å²) in [5.41, 5.74) is 9.54. The van der Waals surface area contributed by atoms with Crippen molar-refractivity contribution in [2.45, 2.75) is 0 Å². The van der Waals surface area contributed by atoms with Crippen LogP contribution in [0, 0.1) is 30.3 Å². The lowest BCUT2D eigenvalue weighted by Crippen LogP contribution is -2.85. The Balaban J connectivity index is 0.000000754. The number of nitrogens with one attached hydrogen (secondary N) is 2. The van der Waals surface area contributed by atoms with Crippen molar-refractivity contribution in [3.63, 3.8) is 0 Å². The van der Waals surface area contributed by atoms with Crippen molar-refractivity contribution in [3.05, 3.63) is 35.8 Å². The van der Waals surface area contributed by atoms with Crippen molar-refractivity contribution in [1.29, 1.82) is 0 Å². The lowest BCUT2D eigenvalue weighted by molar-refractivity contribution is -0.716. The quantitative estimate of drug-likeness (QED) is 0.105. The molecule has 24 heavy (non-hydrogen) atoms. The summed E-state index contributed by atoms with van der Waals surface area (Å²) in [5, 5.41) is 28.1. The second-order valence-corrected chi connectivity index (χ2v) is 2.87. The van der Waals surface area contributed by atoms with E-state index in [0.29, 0.717) is 0 Å². The third kappa shape index (κ3) is 8.74. The standard InChI is InChI=1S/C3N7O8.CH7N5/c11-8(12)7-1-4-2(17-9(13)14)6-3(5-1)18-10(15)16;2-1(5-3)6-4/h;3-4H2,(H3,2,5,6)/q-1;/p+1. The zero-order valence-electron chi connectivity index (χ0n) is 11.1. The third-order valence-electron chi connectivity index (χ3n) is 1.38. The smallest absolute Gasteiger partial charge is 0.316 e. The van der Waals surface area contributed by atoms with E-state index in [1.165, 1.54) is 0 Å². The first-order chi connectivity index (χ1) is 11.2. The minimum absolute atomic E-state index is 0.148. The van der Waals surface area contributed by atoms with Crippen molar-refractivity contribution >= 4 is 11.9 Å². The largest absolute Gasteiger partial charge is 0.379 e. The van der Waals surface area contributed by atoms with E-state index in [4.69, 9.17) is 17.4 Å². The fraction of sp³-hybridized carbons (Fsp3) is 0. The van der Waals surface area contributed by atoms with E-state index in [1.54, 1.807) is 0 Å². The fourth-order valence-corrected chi connectivity index (χ4v) is 0.702. The minimum Gasteiger partial charge on any atom is -0.316 e. The third-order valence-corrected chi connectivity index (χ3v) is 1.38. The Bertz CT molecular complexity index is 548. The predicted octanol–water partition coefficient (Wildman–Crippen LogP) is -5.07. The molecular weight excluding hydrogens is 344 g/mol. The molecule has 0 aliphatic carbocycles. The Hall–Kier alpha value is -4.36. The topological polar surface area (TPSA) is 305 Å². The van der Waals surface area contributed by atoms with Crippen LogP contribution in [0.4, 0.5) is 5.95 Å². The van der Waals surface area contributed by atoms with Gasteiger partial charge in [0, 0.05) is 0 Å². The zero-order valence-corrected chi connectivity index (χ0v) is 11.1. The highest BCUT2D eigenvalue weighted by molar-refractivity contribution is 5.70. The van der Waals surface area contributed by atoms with E-state index in [2.05, 4.69) is 40.6 Å². The van der Waals surface area contributed by atoms with Gasteiger partial charge in [0.25, 0.3) is 0 Å². The van der Waals surface area contributed by atoms with E-state index < -0.39 is 33.2 Å².